The van der Waals surface area contributed by atoms with Crippen molar-refractivity contribution < 1.29 is 22.8 Å². The van der Waals surface area contributed by atoms with Crippen molar-refractivity contribution in [2.24, 2.45) is 5.92 Å². The Balaban J connectivity index is 0.00000242. The standard InChI is InChI=1S/C13H20F3N3O2.ClH/c1-7-9(3-2-6-17-7)18-11(20)8-4-5-10(13(14,15)16)19-12(8)21;/h7-10,17H,2-6H2,1H3,(H,18,20)(H,19,21);1H. The second kappa shape index (κ2) is 7.50. The Morgan fingerprint density at radius 2 is 1.95 bits per heavy atom. The van der Waals surface area contributed by atoms with Gasteiger partial charge in [0.15, 0.2) is 0 Å². The van der Waals surface area contributed by atoms with E-state index in [-0.39, 0.29) is 37.3 Å². The van der Waals surface area contributed by atoms with E-state index in [1.807, 2.05) is 12.2 Å². The molecule has 0 aromatic carbocycles. The van der Waals surface area contributed by atoms with E-state index in [0.29, 0.717) is 0 Å². The van der Waals surface area contributed by atoms with E-state index < -0.39 is 30.0 Å². The number of carbonyl (C=O) groups is 2. The summed E-state index contributed by atoms with van der Waals surface area (Å²) in [6, 6.07) is -1.83. The van der Waals surface area contributed by atoms with Gasteiger partial charge in [-0.15, -0.1) is 12.4 Å². The SMILES string of the molecule is CC1NCCCC1NC(=O)C1CCC(C(F)(F)F)NC1=O.Cl. The third-order valence-corrected chi connectivity index (χ3v) is 4.18. The first-order valence-corrected chi connectivity index (χ1v) is 7.20. The number of carbonyl (C=O) groups excluding carboxylic acids is 2. The third-order valence-electron chi connectivity index (χ3n) is 4.18. The summed E-state index contributed by atoms with van der Waals surface area (Å²) in [7, 11) is 0. The molecule has 22 heavy (non-hydrogen) atoms. The van der Waals surface area contributed by atoms with Crippen LogP contribution in [0.2, 0.25) is 0 Å². The van der Waals surface area contributed by atoms with Crippen LogP contribution in [0.4, 0.5) is 13.2 Å². The van der Waals surface area contributed by atoms with Gasteiger partial charge in [-0.3, -0.25) is 9.59 Å². The van der Waals surface area contributed by atoms with Gasteiger partial charge in [0.1, 0.15) is 12.0 Å². The molecule has 0 aromatic rings. The van der Waals surface area contributed by atoms with Crippen LogP contribution in [0.15, 0.2) is 0 Å². The van der Waals surface area contributed by atoms with Crippen molar-refractivity contribution in [3.8, 4) is 0 Å². The lowest BCUT2D eigenvalue weighted by Crippen LogP contribution is -2.58. The van der Waals surface area contributed by atoms with Gasteiger partial charge in [-0.05, 0) is 39.2 Å². The molecule has 0 saturated carbocycles. The van der Waals surface area contributed by atoms with Gasteiger partial charge < -0.3 is 16.0 Å². The molecule has 0 bridgehead atoms. The van der Waals surface area contributed by atoms with E-state index in [1.165, 1.54) is 0 Å². The molecule has 3 N–H and O–H groups in total. The highest BCUT2D eigenvalue weighted by Crippen LogP contribution is 2.28. The van der Waals surface area contributed by atoms with E-state index in [1.54, 1.807) is 0 Å². The van der Waals surface area contributed by atoms with E-state index in [9.17, 15) is 22.8 Å². The summed E-state index contributed by atoms with van der Waals surface area (Å²) >= 11 is 0. The van der Waals surface area contributed by atoms with Crippen LogP contribution in [-0.2, 0) is 9.59 Å². The number of nitrogens with one attached hydrogen (secondary N) is 3. The van der Waals surface area contributed by atoms with E-state index in [0.717, 1.165) is 19.4 Å². The van der Waals surface area contributed by atoms with Gasteiger partial charge in [0.2, 0.25) is 11.8 Å². The summed E-state index contributed by atoms with van der Waals surface area (Å²) in [5, 5.41) is 7.89. The number of alkyl halides is 3. The van der Waals surface area contributed by atoms with Crippen LogP contribution in [0.3, 0.4) is 0 Å². The summed E-state index contributed by atoms with van der Waals surface area (Å²) in [5.41, 5.74) is 0. The Morgan fingerprint density at radius 1 is 1.27 bits per heavy atom. The van der Waals surface area contributed by atoms with Crippen molar-refractivity contribution in [3.05, 3.63) is 0 Å². The second-order valence-electron chi connectivity index (χ2n) is 5.73. The van der Waals surface area contributed by atoms with Crippen LogP contribution >= 0.6 is 12.4 Å². The largest absolute Gasteiger partial charge is 0.408 e. The average Bonchev–Trinajstić information content (AvgIpc) is 2.40. The fourth-order valence-corrected chi connectivity index (χ4v) is 2.83. The van der Waals surface area contributed by atoms with Gasteiger partial charge in [0, 0.05) is 12.1 Å². The number of halogens is 4. The lowest BCUT2D eigenvalue weighted by atomic mass is 9.91. The van der Waals surface area contributed by atoms with Crippen LogP contribution in [0.25, 0.3) is 0 Å². The minimum Gasteiger partial charge on any atom is -0.351 e. The van der Waals surface area contributed by atoms with Crippen molar-refractivity contribution in [1.82, 2.24) is 16.0 Å². The lowest BCUT2D eigenvalue weighted by molar-refractivity contribution is -0.171. The zero-order valence-corrected chi connectivity index (χ0v) is 13.0. The van der Waals surface area contributed by atoms with Crippen molar-refractivity contribution in [1.29, 1.82) is 0 Å². The summed E-state index contributed by atoms with van der Waals surface area (Å²) in [5.74, 6) is -2.34. The molecule has 0 radical (unpaired) electrons. The molecule has 5 nitrogen and oxygen atoms in total. The van der Waals surface area contributed by atoms with Crippen LogP contribution in [0.1, 0.15) is 32.6 Å². The zero-order valence-electron chi connectivity index (χ0n) is 12.2. The molecule has 2 amide bonds. The molecule has 4 unspecified atom stereocenters. The van der Waals surface area contributed by atoms with Crippen LogP contribution in [-0.4, -0.2) is 42.7 Å². The highest BCUT2D eigenvalue weighted by Gasteiger charge is 2.46. The van der Waals surface area contributed by atoms with Crippen LogP contribution in [0.5, 0.6) is 0 Å². The first-order valence-electron chi connectivity index (χ1n) is 7.20. The maximum atomic E-state index is 12.5. The smallest absolute Gasteiger partial charge is 0.351 e. The van der Waals surface area contributed by atoms with Gasteiger partial charge >= 0.3 is 6.18 Å². The fraction of sp³-hybridized carbons (Fsp3) is 0.846. The number of hydrogen-bond donors (Lipinski definition) is 3. The zero-order chi connectivity index (χ0) is 15.6. The Kier molecular flexibility index (Phi) is 6.49. The summed E-state index contributed by atoms with van der Waals surface area (Å²) in [6.45, 7) is 2.81. The number of rotatable bonds is 2. The summed E-state index contributed by atoms with van der Waals surface area (Å²) in [6.07, 6.45) is -3.07. The van der Waals surface area contributed by atoms with Crippen molar-refractivity contribution in [3.63, 3.8) is 0 Å². The normalized spacial score (nSPS) is 32.6. The van der Waals surface area contributed by atoms with E-state index >= 15 is 0 Å². The molecule has 2 aliphatic heterocycles. The molecule has 4 atom stereocenters. The molecule has 2 fully saturated rings. The molecule has 2 saturated heterocycles. The molecule has 2 aliphatic rings. The van der Waals surface area contributed by atoms with Crippen molar-refractivity contribution in [2.75, 3.05) is 6.54 Å². The Labute approximate surface area is 133 Å². The maximum Gasteiger partial charge on any atom is 0.408 e. The third kappa shape index (κ3) is 4.49. The minimum atomic E-state index is -4.46. The highest BCUT2D eigenvalue weighted by atomic mass is 35.5. The molecule has 9 heteroatoms. The highest BCUT2D eigenvalue weighted by molar-refractivity contribution is 6.01. The van der Waals surface area contributed by atoms with Crippen LogP contribution < -0.4 is 16.0 Å². The Morgan fingerprint density at radius 3 is 2.50 bits per heavy atom. The Hall–Kier alpha value is -1.02. The fourth-order valence-electron chi connectivity index (χ4n) is 2.83. The summed E-state index contributed by atoms with van der Waals surface area (Å²) < 4.78 is 37.6. The molecule has 2 rings (SSSR count). The first kappa shape index (κ1) is 19.0. The predicted octanol–water partition coefficient (Wildman–Crippen LogP) is 1.12. The number of hydrogen-bond acceptors (Lipinski definition) is 3. The predicted molar refractivity (Wildman–Crippen MR) is 76.6 cm³/mol. The molecule has 2 heterocycles. The molecule has 0 aromatic heterocycles. The van der Waals surface area contributed by atoms with Crippen LogP contribution in [0, 0.1) is 5.92 Å². The van der Waals surface area contributed by atoms with E-state index in [4.69, 9.17) is 0 Å². The topological polar surface area (TPSA) is 70.2 Å². The monoisotopic (exact) mass is 343 g/mol. The van der Waals surface area contributed by atoms with Crippen molar-refractivity contribution >= 4 is 24.2 Å². The van der Waals surface area contributed by atoms with Gasteiger partial charge in [-0.25, -0.2) is 0 Å². The second-order valence-corrected chi connectivity index (χ2v) is 5.73. The molecular formula is C13H21ClF3N3O2. The number of piperidine rings is 2. The van der Waals surface area contributed by atoms with Gasteiger partial charge in [0.05, 0.1) is 0 Å². The maximum absolute atomic E-state index is 12.5. The number of amides is 2. The van der Waals surface area contributed by atoms with Gasteiger partial charge in [0.25, 0.3) is 0 Å². The average molecular weight is 344 g/mol. The molecule has 0 aliphatic carbocycles. The van der Waals surface area contributed by atoms with Crippen molar-refractivity contribution in [2.45, 2.75) is 56.9 Å². The summed E-state index contributed by atoms with van der Waals surface area (Å²) in [4.78, 5) is 23.8. The minimum absolute atomic E-state index is 0. The first-order chi connectivity index (χ1) is 9.79. The molecule has 128 valence electrons. The van der Waals surface area contributed by atoms with Gasteiger partial charge in [-0.2, -0.15) is 13.2 Å². The molecular weight excluding hydrogens is 323 g/mol. The molecule has 0 spiro atoms. The Bertz CT molecular complexity index is 420. The quantitative estimate of drug-likeness (QED) is 0.658. The van der Waals surface area contributed by atoms with Gasteiger partial charge in [-0.1, -0.05) is 0 Å². The lowest BCUT2D eigenvalue weighted by Gasteiger charge is -2.34. The van der Waals surface area contributed by atoms with E-state index in [2.05, 4.69) is 10.6 Å².